The van der Waals surface area contributed by atoms with Crippen LogP contribution in [-0.2, 0) is 16.0 Å². The van der Waals surface area contributed by atoms with Crippen molar-refractivity contribution < 1.29 is 37.0 Å². The van der Waals surface area contributed by atoms with Gasteiger partial charge < -0.3 is 24.5 Å². The quantitative estimate of drug-likeness (QED) is 0.440. The summed E-state index contributed by atoms with van der Waals surface area (Å²) in [6.45, 7) is 9.00. The number of amides is 2. The standard InChI is InChI=1S/C24H30FN7O2.C2HF3O2/c1-16-13-31-15-20(19(25)12-22(31)27-16)28-24(33)32-7-5-18-21(4-6-26-23(18)32)30-9-8-29(10-11-34-3)17(2)14-30;3-2(4,5)1(6)7/h4,6,12-13,15,17H,5,7-11,14H2,1-3H3,(H,28,33);(H,6,7)/t17-;/m0./s1. The predicted octanol–water partition coefficient (Wildman–Crippen LogP) is 3.56. The first-order valence-corrected chi connectivity index (χ1v) is 12.9. The largest absolute Gasteiger partial charge is 0.490 e. The first kappa shape index (κ1) is 30.0. The zero-order valence-electron chi connectivity index (χ0n) is 22.8. The zero-order chi connectivity index (χ0) is 29.9. The van der Waals surface area contributed by atoms with Crippen LogP contribution in [0.15, 0.2) is 30.7 Å². The lowest BCUT2D eigenvalue weighted by molar-refractivity contribution is -0.192. The van der Waals surface area contributed by atoms with Gasteiger partial charge in [0.25, 0.3) is 0 Å². The van der Waals surface area contributed by atoms with Crippen LogP contribution in [0.5, 0.6) is 0 Å². The number of methoxy groups -OCH3 is 1. The number of rotatable bonds is 5. The molecule has 11 nitrogen and oxygen atoms in total. The van der Waals surface area contributed by atoms with Crippen LogP contribution in [-0.4, -0.2) is 95.0 Å². The Morgan fingerprint density at radius 1 is 1.22 bits per heavy atom. The number of halogens is 4. The van der Waals surface area contributed by atoms with Crippen LogP contribution in [0, 0.1) is 12.7 Å². The number of urea groups is 1. The SMILES string of the molecule is COCCN1CCN(c2ccnc3c2CCN3C(=O)Nc2cn3cc(C)nc3cc2F)C[C@@H]1C.O=C(O)C(F)(F)F. The molecule has 0 saturated carbocycles. The summed E-state index contributed by atoms with van der Waals surface area (Å²) in [4.78, 5) is 37.2. The highest BCUT2D eigenvalue weighted by Gasteiger charge is 2.38. The molecule has 0 aromatic carbocycles. The van der Waals surface area contributed by atoms with Crippen LogP contribution in [0.2, 0.25) is 0 Å². The summed E-state index contributed by atoms with van der Waals surface area (Å²) in [6, 6.07) is 3.37. The number of ether oxygens (including phenoxy) is 1. The first-order chi connectivity index (χ1) is 19.4. The number of alkyl halides is 3. The average Bonchev–Trinajstić information content (AvgIpc) is 3.50. The Morgan fingerprint density at radius 2 is 1.95 bits per heavy atom. The molecule has 41 heavy (non-hydrogen) atoms. The van der Waals surface area contributed by atoms with Crippen molar-refractivity contribution in [1.82, 2.24) is 19.3 Å². The number of hydrogen-bond acceptors (Lipinski definition) is 7. The average molecular weight is 582 g/mol. The molecule has 0 aliphatic carbocycles. The van der Waals surface area contributed by atoms with Crippen molar-refractivity contribution in [2.75, 3.05) is 61.6 Å². The monoisotopic (exact) mass is 581 g/mol. The van der Waals surface area contributed by atoms with Gasteiger partial charge in [0.1, 0.15) is 11.5 Å². The van der Waals surface area contributed by atoms with Crippen molar-refractivity contribution in [1.29, 1.82) is 0 Å². The number of nitrogens with one attached hydrogen (secondary N) is 1. The number of pyridine rings is 2. The highest BCUT2D eigenvalue weighted by atomic mass is 19.4. The van der Waals surface area contributed by atoms with Crippen LogP contribution >= 0.6 is 0 Å². The number of piperazine rings is 1. The second-order valence-electron chi connectivity index (χ2n) is 9.77. The topological polar surface area (TPSA) is 116 Å². The predicted molar refractivity (Wildman–Crippen MR) is 143 cm³/mol. The Bertz CT molecular complexity index is 1410. The van der Waals surface area contributed by atoms with E-state index in [1.165, 1.54) is 6.07 Å². The van der Waals surface area contributed by atoms with Gasteiger partial charge in [-0.05, 0) is 26.3 Å². The minimum atomic E-state index is -5.08. The third kappa shape index (κ3) is 6.85. The van der Waals surface area contributed by atoms with Gasteiger partial charge in [0.05, 0.1) is 18.0 Å². The van der Waals surface area contributed by atoms with Crippen LogP contribution in [0.4, 0.5) is 39.5 Å². The number of anilines is 3. The fraction of sp³-hybridized carbons (Fsp3) is 0.462. The molecule has 2 aliphatic heterocycles. The van der Waals surface area contributed by atoms with Crippen molar-refractivity contribution in [2.24, 2.45) is 0 Å². The number of fused-ring (bicyclic) bond motifs is 2. The lowest BCUT2D eigenvalue weighted by Crippen LogP contribution is -2.52. The molecule has 5 heterocycles. The van der Waals surface area contributed by atoms with Gasteiger partial charge in [-0.25, -0.2) is 23.9 Å². The molecule has 5 rings (SSSR count). The lowest BCUT2D eigenvalue weighted by Gasteiger charge is -2.41. The van der Waals surface area contributed by atoms with E-state index in [1.807, 2.05) is 13.0 Å². The molecule has 1 atom stereocenters. The number of hydrogen-bond donors (Lipinski definition) is 2. The number of nitrogens with zero attached hydrogens (tertiary/aromatic N) is 6. The fourth-order valence-electron chi connectivity index (χ4n) is 4.93. The van der Waals surface area contributed by atoms with E-state index in [0.29, 0.717) is 30.5 Å². The van der Waals surface area contributed by atoms with Gasteiger partial charge in [-0.3, -0.25) is 9.80 Å². The number of imidazole rings is 1. The van der Waals surface area contributed by atoms with Gasteiger partial charge in [-0.2, -0.15) is 13.2 Å². The summed E-state index contributed by atoms with van der Waals surface area (Å²) >= 11 is 0. The maximum Gasteiger partial charge on any atom is 0.490 e. The van der Waals surface area contributed by atoms with Gasteiger partial charge in [-0.15, -0.1) is 0 Å². The summed E-state index contributed by atoms with van der Waals surface area (Å²) < 4.78 is 53.3. The molecule has 0 radical (unpaired) electrons. The molecule has 3 aromatic rings. The van der Waals surface area contributed by atoms with Crippen molar-refractivity contribution in [3.63, 3.8) is 0 Å². The summed E-state index contributed by atoms with van der Waals surface area (Å²) in [5, 5.41) is 9.84. The fourth-order valence-corrected chi connectivity index (χ4v) is 4.93. The summed E-state index contributed by atoms with van der Waals surface area (Å²) in [5.41, 5.74) is 3.58. The maximum atomic E-state index is 14.6. The summed E-state index contributed by atoms with van der Waals surface area (Å²) in [6.07, 6.45) is 0.725. The van der Waals surface area contributed by atoms with Crippen molar-refractivity contribution in [3.8, 4) is 0 Å². The van der Waals surface area contributed by atoms with Gasteiger partial charge >= 0.3 is 18.2 Å². The third-order valence-electron chi connectivity index (χ3n) is 6.93. The molecule has 15 heteroatoms. The van der Waals surface area contributed by atoms with Crippen LogP contribution < -0.4 is 15.1 Å². The molecular weight excluding hydrogens is 550 g/mol. The molecule has 0 unspecified atom stereocenters. The second kappa shape index (κ2) is 12.3. The minimum Gasteiger partial charge on any atom is -0.475 e. The van der Waals surface area contributed by atoms with Crippen LogP contribution in [0.3, 0.4) is 0 Å². The lowest BCUT2D eigenvalue weighted by atomic mass is 10.1. The van der Waals surface area contributed by atoms with E-state index in [4.69, 9.17) is 14.6 Å². The number of carbonyl (C=O) groups is 2. The van der Waals surface area contributed by atoms with Crippen molar-refractivity contribution in [2.45, 2.75) is 32.5 Å². The van der Waals surface area contributed by atoms with Gasteiger partial charge in [0, 0.05) is 81.8 Å². The number of aliphatic carboxylic acids is 1. The van der Waals surface area contributed by atoms with E-state index in [2.05, 4.69) is 32.0 Å². The highest BCUT2D eigenvalue weighted by Crippen LogP contribution is 2.35. The Balaban J connectivity index is 0.000000493. The number of aromatic nitrogens is 3. The smallest absolute Gasteiger partial charge is 0.475 e. The van der Waals surface area contributed by atoms with Crippen LogP contribution in [0.1, 0.15) is 18.2 Å². The molecule has 1 fully saturated rings. The Kier molecular flexibility index (Phi) is 8.97. The molecule has 2 aliphatic rings. The van der Waals surface area contributed by atoms with E-state index in [9.17, 15) is 22.4 Å². The molecular formula is C26H31F4N7O4. The number of aryl methyl sites for hydroxylation is 1. The Labute approximate surface area is 233 Å². The second-order valence-corrected chi connectivity index (χ2v) is 9.77. The maximum absolute atomic E-state index is 14.6. The summed E-state index contributed by atoms with van der Waals surface area (Å²) in [7, 11) is 1.73. The minimum absolute atomic E-state index is 0.112. The molecule has 2 amide bonds. The van der Waals surface area contributed by atoms with Gasteiger partial charge in [-0.1, -0.05) is 0 Å². The molecule has 0 spiro atoms. The van der Waals surface area contributed by atoms with Crippen molar-refractivity contribution in [3.05, 3.63) is 47.8 Å². The third-order valence-corrected chi connectivity index (χ3v) is 6.93. The highest BCUT2D eigenvalue weighted by molar-refractivity contribution is 6.03. The molecule has 3 aromatic heterocycles. The molecule has 222 valence electrons. The van der Waals surface area contributed by atoms with E-state index in [0.717, 1.165) is 49.7 Å². The van der Waals surface area contributed by atoms with Crippen molar-refractivity contribution >= 4 is 34.8 Å². The Hall–Kier alpha value is -3.98. The van der Waals surface area contributed by atoms with Crippen LogP contribution in [0.25, 0.3) is 5.65 Å². The molecule has 0 bridgehead atoms. The van der Waals surface area contributed by atoms with Gasteiger partial charge in [0.2, 0.25) is 0 Å². The Morgan fingerprint density at radius 3 is 2.61 bits per heavy atom. The molecule has 2 N–H and O–H groups in total. The van der Waals surface area contributed by atoms with E-state index >= 15 is 0 Å². The van der Waals surface area contributed by atoms with E-state index in [1.54, 1.807) is 35.0 Å². The number of carboxylic acids is 1. The van der Waals surface area contributed by atoms with E-state index in [-0.39, 0.29) is 5.69 Å². The number of carbonyl (C=O) groups excluding carboxylic acids is 1. The normalized spacial score (nSPS) is 17.3. The molecule has 1 saturated heterocycles. The van der Waals surface area contributed by atoms with E-state index < -0.39 is 24.0 Å². The number of carboxylic acid groups (broad SMARTS) is 1. The summed E-state index contributed by atoms with van der Waals surface area (Å²) in [5.74, 6) is -2.63. The zero-order valence-corrected chi connectivity index (χ0v) is 22.8. The van der Waals surface area contributed by atoms with Gasteiger partial charge in [0.15, 0.2) is 5.82 Å². The first-order valence-electron chi connectivity index (χ1n) is 12.9.